The zero-order valence-electron chi connectivity index (χ0n) is 15.9. The summed E-state index contributed by atoms with van der Waals surface area (Å²) in [5.74, 6) is 0.839. The van der Waals surface area contributed by atoms with Gasteiger partial charge in [0.1, 0.15) is 21.5 Å². The summed E-state index contributed by atoms with van der Waals surface area (Å²) in [6.07, 6.45) is 7.15. The van der Waals surface area contributed by atoms with Crippen molar-refractivity contribution in [1.82, 2.24) is 24.7 Å². The Hall–Kier alpha value is -2.00. The molecule has 5 rings (SSSR count). The largest absolute Gasteiger partial charge is 0.376 e. The fourth-order valence-corrected chi connectivity index (χ4v) is 4.70. The maximum absolute atomic E-state index is 6.42. The third kappa shape index (κ3) is 3.06. The predicted octanol–water partition coefficient (Wildman–Crippen LogP) is 2.85. The highest BCUT2D eigenvalue weighted by atomic mass is 35.5. The molecule has 10 heteroatoms. The van der Waals surface area contributed by atoms with E-state index in [9.17, 15) is 0 Å². The van der Waals surface area contributed by atoms with E-state index in [4.69, 9.17) is 38.7 Å². The minimum absolute atomic E-state index is 0.0791. The lowest BCUT2D eigenvalue weighted by molar-refractivity contribution is 0.0974. The summed E-state index contributed by atoms with van der Waals surface area (Å²) in [5.41, 5.74) is 8.43. The van der Waals surface area contributed by atoms with E-state index in [2.05, 4.69) is 26.9 Å². The molecule has 29 heavy (non-hydrogen) atoms. The second-order valence-corrected chi connectivity index (χ2v) is 8.56. The SMILES string of the molecule is C[C@@H]1OCC2(CCN(c3cnc4c(cnn4-c4ccnc(Cl)c4Cl)n3)CC2)[C@@H]1N. The minimum atomic E-state index is 0.0791. The van der Waals surface area contributed by atoms with Gasteiger partial charge in [0.05, 0.1) is 30.8 Å². The van der Waals surface area contributed by atoms with Crippen molar-refractivity contribution in [2.75, 3.05) is 24.6 Å². The maximum Gasteiger partial charge on any atom is 0.181 e. The van der Waals surface area contributed by atoms with Gasteiger partial charge >= 0.3 is 0 Å². The molecule has 2 aliphatic rings. The summed E-state index contributed by atoms with van der Waals surface area (Å²) in [6, 6.07) is 1.84. The standard InChI is InChI=1S/C19H21Cl2N7O/c1-11-16(22)19(10-29-11)3-6-27(7-4-19)14-9-24-18-12(26-14)8-25-28(18)13-2-5-23-17(21)15(13)20/h2,5,8-9,11,16H,3-4,6-7,10,22H2,1H3/t11-,16+/m0/s1. The highest BCUT2D eigenvalue weighted by Crippen LogP contribution is 2.41. The average Bonchev–Trinajstić information content (AvgIpc) is 3.27. The predicted molar refractivity (Wildman–Crippen MR) is 112 cm³/mol. The number of fused-ring (bicyclic) bond motifs is 1. The monoisotopic (exact) mass is 433 g/mol. The van der Waals surface area contributed by atoms with Crippen molar-refractivity contribution in [3.63, 3.8) is 0 Å². The summed E-state index contributed by atoms with van der Waals surface area (Å²) in [4.78, 5) is 15.6. The molecule has 5 heterocycles. The molecule has 0 unspecified atom stereocenters. The molecule has 2 fully saturated rings. The Morgan fingerprint density at radius 1 is 1.21 bits per heavy atom. The third-order valence-electron chi connectivity index (χ3n) is 6.25. The van der Waals surface area contributed by atoms with E-state index in [0.29, 0.717) is 21.9 Å². The Labute approximate surface area is 178 Å². The van der Waals surface area contributed by atoms with Gasteiger partial charge in [0.25, 0.3) is 0 Å². The van der Waals surface area contributed by atoms with Gasteiger partial charge in [0.15, 0.2) is 5.65 Å². The number of rotatable bonds is 2. The van der Waals surface area contributed by atoms with E-state index in [0.717, 1.165) is 38.4 Å². The molecule has 3 aromatic rings. The number of halogens is 2. The molecule has 152 valence electrons. The quantitative estimate of drug-likeness (QED) is 0.620. The Morgan fingerprint density at radius 2 is 2.00 bits per heavy atom. The second kappa shape index (κ2) is 7.05. The van der Waals surface area contributed by atoms with Crippen LogP contribution in [0.5, 0.6) is 0 Å². The van der Waals surface area contributed by atoms with Gasteiger partial charge in [-0.15, -0.1) is 0 Å². The fraction of sp³-hybridized carbons (Fsp3) is 0.474. The molecular weight excluding hydrogens is 413 g/mol. The van der Waals surface area contributed by atoms with Crippen molar-refractivity contribution in [2.45, 2.75) is 31.9 Å². The number of nitrogens with two attached hydrogens (primary N) is 1. The molecular formula is C19H21Cl2N7O. The van der Waals surface area contributed by atoms with Crippen LogP contribution in [0.4, 0.5) is 5.82 Å². The number of anilines is 1. The van der Waals surface area contributed by atoms with Gasteiger partial charge in [-0.3, -0.25) is 0 Å². The van der Waals surface area contributed by atoms with Gasteiger partial charge in [-0.25, -0.2) is 19.6 Å². The number of nitrogens with zero attached hydrogens (tertiary/aromatic N) is 6. The lowest BCUT2D eigenvalue weighted by Gasteiger charge is -2.41. The van der Waals surface area contributed by atoms with Crippen molar-refractivity contribution in [1.29, 1.82) is 0 Å². The van der Waals surface area contributed by atoms with Crippen molar-refractivity contribution in [2.24, 2.45) is 11.1 Å². The summed E-state index contributed by atoms with van der Waals surface area (Å²) in [5, 5.41) is 4.95. The van der Waals surface area contributed by atoms with Gasteiger partial charge in [-0.1, -0.05) is 23.2 Å². The number of ether oxygens (including phenoxy) is 1. The van der Waals surface area contributed by atoms with E-state index >= 15 is 0 Å². The molecule has 2 atom stereocenters. The number of pyridine rings is 1. The molecule has 0 aromatic carbocycles. The Kier molecular flexibility index (Phi) is 4.62. The zero-order valence-corrected chi connectivity index (χ0v) is 17.4. The molecule has 1 spiro atoms. The van der Waals surface area contributed by atoms with Crippen LogP contribution >= 0.6 is 23.2 Å². The molecule has 2 N–H and O–H groups in total. The van der Waals surface area contributed by atoms with Crippen LogP contribution in [0.15, 0.2) is 24.7 Å². The van der Waals surface area contributed by atoms with Crippen molar-refractivity contribution < 1.29 is 4.74 Å². The fourth-order valence-electron chi connectivity index (χ4n) is 4.36. The highest BCUT2D eigenvalue weighted by molar-refractivity contribution is 6.42. The average molecular weight is 434 g/mol. The van der Waals surface area contributed by atoms with Crippen LogP contribution in [-0.4, -0.2) is 56.6 Å². The summed E-state index contributed by atoms with van der Waals surface area (Å²) >= 11 is 12.3. The Bertz CT molecular complexity index is 1060. The normalized spacial score (nSPS) is 23.9. The molecule has 0 radical (unpaired) electrons. The van der Waals surface area contributed by atoms with Gasteiger partial charge in [-0.05, 0) is 25.8 Å². The van der Waals surface area contributed by atoms with Crippen LogP contribution in [0.1, 0.15) is 19.8 Å². The van der Waals surface area contributed by atoms with Crippen molar-refractivity contribution in [3.8, 4) is 5.69 Å². The Balaban J connectivity index is 1.40. The first-order chi connectivity index (χ1) is 14.0. The molecule has 0 amide bonds. The topological polar surface area (TPSA) is 95.0 Å². The molecule has 3 aromatic heterocycles. The minimum Gasteiger partial charge on any atom is -0.376 e. The Morgan fingerprint density at radius 3 is 2.72 bits per heavy atom. The third-order valence-corrected chi connectivity index (χ3v) is 7.00. The number of aromatic nitrogens is 5. The van der Waals surface area contributed by atoms with Crippen LogP contribution in [0.25, 0.3) is 16.9 Å². The summed E-state index contributed by atoms with van der Waals surface area (Å²) in [6.45, 7) is 4.56. The lowest BCUT2D eigenvalue weighted by Crippen LogP contribution is -2.50. The van der Waals surface area contributed by atoms with Crippen LogP contribution < -0.4 is 10.6 Å². The van der Waals surface area contributed by atoms with Crippen LogP contribution in [0.3, 0.4) is 0 Å². The molecule has 0 bridgehead atoms. The van der Waals surface area contributed by atoms with Crippen LogP contribution in [0.2, 0.25) is 10.2 Å². The van der Waals surface area contributed by atoms with Crippen LogP contribution in [0, 0.1) is 5.41 Å². The van der Waals surface area contributed by atoms with Gasteiger partial charge < -0.3 is 15.4 Å². The smallest absolute Gasteiger partial charge is 0.181 e. The first kappa shape index (κ1) is 19.0. The zero-order chi connectivity index (χ0) is 20.2. The van der Waals surface area contributed by atoms with E-state index in [1.54, 1.807) is 29.3 Å². The van der Waals surface area contributed by atoms with Gasteiger partial charge in [0, 0.05) is 30.7 Å². The van der Waals surface area contributed by atoms with Gasteiger partial charge in [-0.2, -0.15) is 5.10 Å². The summed E-state index contributed by atoms with van der Waals surface area (Å²) < 4.78 is 7.44. The second-order valence-electron chi connectivity index (χ2n) is 7.82. The molecule has 2 saturated heterocycles. The van der Waals surface area contributed by atoms with Crippen LogP contribution in [-0.2, 0) is 4.74 Å². The number of piperidine rings is 1. The maximum atomic E-state index is 6.42. The van der Waals surface area contributed by atoms with E-state index in [1.165, 1.54) is 0 Å². The lowest BCUT2D eigenvalue weighted by atomic mass is 9.73. The highest BCUT2D eigenvalue weighted by Gasteiger charge is 2.47. The first-order valence-corrected chi connectivity index (χ1v) is 10.4. The van der Waals surface area contributed by atoms with E-state index in [1.807, 2.05) is 0 Å². The van der Waals surface area contributed by atoms with E-state index < -0.39 is 0 Å². The van der Waals surface area contributed by atoms with Crippen molar-refractivity contribution in [3.05, 3.63) is 34.8 Å². The van der Waals surface area contributed by atoms with Gasteiger partial charge in [0.2, 0.25) is 0 Å². The first-order valence-electron chi connectivity index (χ1n) is 9.62. The molecule has 8 nitrogen and oxygen atoms in total. The molecule has 0 saturated carbocycles. The van der Waals surface area contributed by atoms with Crippen molar-refractivity contribution >= 4 is 40.2 Å². The molecule has 0 aliphatic carbocycles. The summed E-state index contributed by atoms with van der Waals surface area (Å²) in [7, 11) is 0. The number of hydrogen-bond donors (Lipinski definition) is 1. The number of hydrogen-bond acceptors (Lipinski definition) is 7. The molecule has 2 aliphatic heterocycles. The van der Waals surface area contributed by atoms with E-state index in [-0.39, 0.29) is 22.7 Å².